The molecule has 0 aliphatic carbocycles. The summed E-state index contributed by atoms with van der Waals surface area (Å²) in [6.07, 6.45) is -0.121. The molecule has 6 heteroatoms. The second-order valence-corrected chi connectivity index (χ2v) is 4.05. The highest BCUT2D eigenvalue weighted by Crippen LogP contribution is 2.20. The molecule has 1 amide bonds. The van der Waals surface area contributed by atoms with Crippen LogP contribution in [-0.2, 0) is 0 Å². The third-order valence-corrected chi connectivity index (χ3v) is 2.77. The molecule has 1 aliphatic rings. The molecular weight excluding hydrogens is 230 g/mol. The molecular formula is C11H12F2N2O2. The molecule has 1 aromatic carbocycles. The zero-order valence-electron chi connectivity index (χ0n) is 8.99. The average Bonchev–Trinajstić information content (AvgIpc) is 2.69. The molecule has 0 bridgehead atoms. The highest BCUT2D eigenvalue weighted by molar-refractivity contribution is 5.95. The number of rotatable bonds is 1. The number of hydrogen-bond acceptors (Lipinski definition) is 3. The summed E-state index contributed by atoms with van der Waals surface area (Å²) in [6.45, 7) is 0.520. The Hall–Kier alpha value is -1.69. The van der Waals surface area contributed by atoms with Gasteiger partial charge in [0, 0.05) is 19.2 Å². The fourth-order valence-electron chi connectivity index (χ4n) is 1.83. The Kier molecular flexibility index (Phi) is 2.97. The van der Waals surface area contributed by atoms with E-state index in [2.05, 4.69) is 0 Å². The predicted molar refractivity (Wildman–Crippen MR) is 57.3 cm³/mol. The van der Waals surface area contributed by atoms with Gasteiger partial charge < -0.3 is 15.7 Å². The Bertz CT molecular complexity index is 465. The maximum Gasteiger partial charge on any atom is 0.256 e. The van der Waals surface area contributed by atoms with Gasteiger partial charge in [0.25, 0.3) is 5.91 Å². The van der Waals surface area contributed by atoms with Crippen LogP contribution in [0.25, 0.3) is 0 Å². The minimum atomic E-state index is -0.942. The number of halogens is 2. The number of β-amino-alcohol motifs (C(OH)–C–C–N with tert-alkyl or cyclic N) is 1. The van der Waals surface area contributed by atoms with Crippen molar-refractivity contribution in [3.63, 3.8) is 0 Å². The third-order valence-electron chi connectivity index (χ3n) is 2.77. The summed E-state index contributed by atoms with van der Waals surface area (Å²) < 4.78 is 26.4. The third kappa shape index (κ3) is 2.21. The first-order chi connectivity index (χ1) is 7.99. The molecule has 0 radical (unpaired) electrons. The summed E-state index contributed by atoms with van der Waals surface area (Å²) in [5.74, 6) is -2.41. The number of nitrogens with zero attached hydrogens (tertiary/aromatic N) is 1. The number of benzene rings is 1. The van der Waals surface area contributed by atoms with Crippen molar-refractivity contribution < 1.29 is 18.7 Å². The van der Waals surface area contributed by atoms with Crippen molar-refractivity contribution in [2.24, 2.45) is 0 Å². The van der Waals surface area contributed by atoms with Crippen LogP contribution in [0.4, 0.5) is 14.5 Å². The molecule has 1 atom stereocenters. The van der Waals surface area contributed by atoms with Gasteiger partial charge in [-0.2, -0.15) is 0 Å². The normalized spacial score (nSPS) is 19.7. The zero-order valence-corrected chi connectivity index (χ0v) is 8.99. The van der Waals surface area contributed by atoms with E-state index in [-0.39, 0.29) is 17.8 Å². The van der Waals surface area contributed by atoms with E-state index >= 15 is 0 Å². The van der Waals surface area contributed by atoms with E-state index in [1.54, 1.807) is 0 Å². The monoisotopic (exact) mass is 242 g/mol. The fourth-order valence-corrected chi connectivity index (χ4v) is 1.83. The number of anilines is 1. The van der Waals surface area contributed by atoms with Gasteiger partial charge in [0.15, 0.2) is 0 Å². The predicted octanol–water partition coefficient (Wildman–Crippen LogP) is 0.754. The van der Waals surface area contributed by atoms with Crippen LogP contribution in [0.5, 0.6) is 0 Å². The molecule has 1 saturated heterocycles. The van der Waals surface area contributed by atoms with Gasteiger partial charge in [-0.1, -0.05) is 0 Å². The van der Waals surface area contributed by atoms with Crippen LogP contribution in [0, 0.1) is 11.6 Å². The molecule has 1 fully saturated rings. The molecule has 3 N–H and O–H groups in total. The van der Waals surface area contributed by atoms with Crippen LogP contribution < -0.4 is 5.73 Å². The first-order valence-corrected chi connectivity index (χ1v) is 5.21. The molecule has 4 nitrogen and oxygen atoms in total. The molecule has 0 aromatic heterocycles. The lowest BCUT2D eigenvalue weighted by molar-refractivity contribution is 0.0760. The van der Waals surface area contributed by atoms with Crippen molar-refractivity contribution in [3.8, 4) is 0 Å². The van der Waals surface area contributed by atoms with Gasteiger partial charge in [-0.25, -0.2) is 8.78 Å². The maximum atomic E-state index is 13.4. The molecule has 17 heavy (non-hydrogen) atoms. The number of carbonyl (C=O) groups excluding carboxylic acids is 1. The second kappa shape index (κ2) is 4.29. The van der Waals surface area contributed by atoms with Crippen molar-refractivity contribution in [2.75, 3.05) is 18.8 Å². The van der Waals surface area contributed by atoms with Crippen molar-refractivity contribution in [1.29, 1.82) is 0 Å². The van der Waals surface area contributed by atoms with Gasteiger partial charge in [0.2, 0.25) is 0 Å². The van der Waals surface area contributed by atoms with Crippen molar-refractivity contribution >= 4 is 11.6 Å². The van der Waals surface area contributed by atoms with Gasteiger partial charge in [0.1, 0.15) is 11.6 Å². The number of nitrogens with two attached hydrogens (primary N) is 1. The fraction of sp³-hybridized carbons (Fsp3) is 0.364. The number of aliphatic hydroxyl groups is 1. The van der Waals surface area contributed by atoms with E-state index in [9.17, 15) is 18.7 Å². The summed E-state index contributed by atoms with van der Waals surface area (Å²) in [4.78, 5) is 13.2. The first kappa shape index (κ1) is 11.8. The molecule has 92 valence electrons. The SMILES string of the molecule is Nc1cc(C(=O)N2CC[C@@H](O)C2)c(F)cc1F. The van der Waals surface area contributed by atoms with E-state index in [0.717, 1.165) is 6.07 Å². The number of hydrogen-bond donors (Lipinski definition) is 2. The summed E-state index contributed by atoms with van der Waals surface area (Å²) in [5, 5.41) is 9.29. The Balaban J connectivity index is 2.28. The molecule has 1 aliphatic heterocycles. The van der Waals surface area contributed by atoms with Crippen molar-refractivity contribution in [3.05, 3.63) is 29.3 Å². The number of amides is 1. The lowest BCUT2D eigenvalue weighted by Gasteiger charge is -2.16. The van der Waals surface area contributed by atoms with E-state index in [1.165, 1.54) is 4.90 Å². The maximum absolute atomic E-state index is 13.4. The molecule has 0 unspecified atom stereocenters. The number of carbonyl (C=O) groups is 1. The first-order valence-electron chi connectivity index (χ1n) is 5.21. The van der Waals surface area contributed by atoms with Gasteiger partial charge in [0.05, 0.1) is 17.4 Å². The highest BCUT2D eigenvalue weighted by atomic mass is 19.1. The smallest absolute Gasteiger partial charge is 0.256 e. The van der Waals surface area contributed by atoms with Gasteiger partial charge in [-0.15, -0.1) is 0 Å². The number of likely N-dealkylation sites (tertiary alicyclic amines) is 1. The number of aliphatic hydroxyl groups excluding tert-OH is 1. The second-order valence-electron chi connectivity index (χ2n) is 4.05. The minimum absolute atomic E-state index is 0.162. The Morgan fingerprint density at radius 1 is 1.41 bits per heavy atom. The average molecular weight is 242 g/mol. The molecule has 0 spiro atoms. The van der Waals surface area contributed by atoms with Crippen LogP contribution >= 0.6 is 0 Å². The van der Waals surface area contributed by atoms with E-state index < -0.39 is 23.6 Å². The topological polar surface area (TPSA) is 66.6 Å². The number of nitrogen functional groups attached to an aromatic ring is 1. The van der Waals surface area contributed by atoms with E-state index in [4.69, 9.17) is 5.73 Å². The van der Waals surface area contributed by atoms with Crippen LogP contribution in [0.2, 0.25) is 0 Å². The van der Waals surface area contributed by atoms with Gasteiger partial charge in [-0.05, 0) is 12.5 Å². The molecule has 1 heterocycles. The zero-order chi connectivity index (χ0) is 12.6. The van der Waals surface area contributed by atoms with E-state index in [1.807, 2.05) is 0 Å². The summed E-state index contributed by atoms with van der Waals surface area (Å²) in [5.41, 5.74) is 4.76. The summed E-state index contributed by atoms with van der Waals surface area (Å²) in [7, 11) is 0. The van der Waals surface area contributed by atoms with Gasteiger partial charge in [-0.3, -0.25) is 4.79 Å². The molecule has 0 saturated carbocycles. The summed E-state index contributed by atoms with van der Waals surface area (Å²) in [6, 6.07) is 1.58. The van der Waals surface area contributed by atoms with Crippen molar-refractivity contribution in [2.45, 2.75) is 12.5 Å². The minimum Gasteiger partial charge on any atom is -0.396 e. The van der Waals surface area contributed by atoms with Gasteiger partial charge >= 0.3 is 0 Å². The summed E-state index contributed by atoms with van der Waals surface area (Å²) >= 11 is 0. The van der Waals surface area contributed by atoms with Crippen LogP contribution in [0.3, 0.4) is 0 Å². The van der Waals surface area contributed by atoms with Crippen LogP contribution in [-0.4, -0.2) is 35.1 Å². The lowest BCUT2D eigenvalue weighted by Crippen LogP contribution is -2.30. The lowest BCUT2D eigenvalue weighted by atomic mass is 10.1. The quantitative estimate of drug-likeness (QED) is 0.714. The van der Waals surface area contributed by atoms with E-state index in [0.29, 0.717) is 19.0 Å². The Labute approximate surface area is 96.6 Å². The standard InChI is InChI=1S/C11H12F2N2O2/c12-8-4-9(13)10(14)3-7(8)11(17)15-2-1-6(16)5-15/h3-4,6,16H,1-2,5,14H2/t6-/m1/s1. The Morgan fingerprint density at radius 2 is 2.12 bits per heavy atom. The van der Waals surface area contributed by atoms with Crippen LogP contribution in [0.1, 0.15) is 16.8 Å². The molecule has 2 rings (SSSR count). The van der Waals surface area contributed by atoms with Crippen LogP contribution in [0.15, 0.2) is 12.1 Å². The highest BCUT2D eigenvalue weighted by Gasteiger charge is 2.27. The Morgan fingerprint density at radius 3 is 2.71 bits per heavy atom. The molecule has 1 aromatic rings. The largest absolute Gasteiger partial charge is 0.396 e. The van der Waals surface area contributed by atoms with Crippen molar-refractivity contribution in [1.82, 2.24) is 4.90 Å².